The van der Waals surface area contributed by atoms with Gasteiger partial charge < -0.3 is 14.9 Å². The number of carboxylic acids is 1. The van der Waals surface area contributed by atoms with E-state index in [0.29, 0.717) is 0 Å². The first-order valence-electron chi connectivity index (χ1n) is 3.22. The number of thiocarbonyl (C=S) groups is 1. The van der Waals surface area contributed by atoms with Crippen molar-refractivity contribution >= 4 is 23.2 Å². The summed E-state index contributed by atoms with van der Waals surface area (Å²) in [6.07, 6.45) is 0. The standard InChI is InChI=1S/C5H10O2S.C2H4O2/c1-5(2,7-3)4(6)8;1-2(3)4/h1-3H3,(H,6,8);1H3,(H,3,4). The van der Waals surface area contributed by atoms with Crippen molar-refractivity contribution in [3.05, 3.63) is 0 Å². The van der Waals surface area contributed by atoms with Gasteiger partial charge in [-0.3, -0.25) is 4.79 Å². The molecule has 0 aliphatic rings. The van der Waals surface area contributed by atoms with Gasteiger partial charge in [-0.05, 0) is 26.1 Å². The second kappa shape index (κ2) is 5.91. The third-order valence-electron chi connectivity index (χ3n) is 1.03. The summed E-state index contributed by atoms with van der Waals surface area (Å²) < 4.78 is 4.81. The minimum Gasteiger partial charge on any atom is -0.500 e. The van der Waals surface area contributed by atoms with Crippen molar-refractivity contribution in [3.63, 3.8) is 0 Å². The van der Waals surface area contributed by atoms with Gasteiger partial charge in [-0.2, -0.15) is 0 Å². The Morgan fingerprint density at radius 1 is 1.42 bits per heavy atom. The molecule has 0 aromatic carbocycles. The lowest BCUT2D eigenvalue weighted by Gasteiger charge is -2.18. The highest BCUT2D eigenvalue weighted by Crippen LogP contribution is 2.07. The molecule has 2 N–H and O–H groups in total. The Hall–Kier alpha value is -0.680. The third kappa shape index (κ3) is 9.32. The van der Waals surface area contributed by atoms with Gasteiger partial charge in [0.2, 0.25) is 0 Å². The minimum atomic E-state index is -0.833. The first kappa shape index (κ1) is 13.9. The maximum absolute atomic E-state index is 9.00. The monoisotopic (exact) mass is 194 g/mol. The van der Waals surface area contributed by atoms with Crippen LogP contribution in [-0.4, -0.2) is 33.9 Å². The summed E-state index contributed by atoms with van der Waals surface area (Å²) in [6, 6.07) is 0. The number of hydrogen-bond acceptors (Lipinski definition) is 3. The van der Waals surface area contributed by atoms with Gasteiger partial charge >= 0.3 is 0 Å². The van der Waals surface area contributed by atoms with Crippen molar-refractivity contribution in [1.29, 1.82) is 0 Å². The summed E-state index contributed by atoms with van der Waals surface area (Å²) in [5.41, 5.74) is -0.671. The zero-order chi connectivity index (χ0) is 10.4. The van der Waals surface area contributed by atoms with E-state index >= 15 is 0 Å². The number of carbonyl (C=O) groups is 1. The van der Waals surface area contributed by atoms with E-state index in [1.165, 1.54) is 7.11 Å². The molecule has 0 aromatic heterocycles. The highest BCUT2D eigenvalue weighted by Gasteiger charge is 2.21. The number of aliphatic carboxylic acids is 1. The molecular weight excluding hydrogens is 180 g/mol. The number of aliphatic hydroxyl groups is 1. The lowest BCUT2D eigenvalue weighted by molar-refractivity contribution is -0.134. The van der Waals surface area contributed by atoms with E-state index in [1.54, 1.807) is 13.8 Å². The molecule has 0 heterocycles. The Balaban J connectivity index is 0. The highest BCUT2D eigenvalue weighted by molar-refractivity contribution is 7.80. The van der Waals surface area contributed by atoms with Crippen LogP contribution in [0.15, 0.2) is 0 Å². The Bertz CT molecular complexity index is 161. The van der Waals surface area contributed by atoms with Crippen LogP contribution >= 0.6 is 12.2 Å². The Labute approximate surface area is 77.2 Å². The molecule has 0 radical (unpaired) electrons. The fourth-order valence-corrected chi connectivity index (χ4v) is 0.171. The van der Waals surface area contributed by atoms with Crippen molar-refractivity contribution in [2.24, 2.45) is 0 Å². The van der Waals surface area contributed by atoms with Crippen LogP contribution in [0.3, 0.4) is 0 Å². The zero-order valence-electron chi connectivity index (χ0n) is 7.62. The van der Waals surface area contributed by atoms with Crippen LogP contribution in [0.25, 0.3) is 0 Å². The normalized spacial score (nSPS) is 9.67. The molecule has 0 saturated heterocycles. The van der Waals surface area contributed by atoms with E-state index < -0.39 is 11.6 Å². The van der Waals surface area contributed by atoms with E-state index in [9.17, 15) is 0 Å². The molecule has 0 unspecified atom stereocenters. The van der Waals surface area contributed by atoms with Crippen molar-refractivity contribution in [3.8, 4) is 0 Å². The summed E-state index contributed by atoms with van der Waals surface area (Å²) in [5.74, 6) is -0.833. The van der Waals surface area contributed by atoms with Crippen molar-refractivity contribution in [1.82, 2.24) is 0 Å². The van der Waals surface area contributed by atoms with Crippen LogP contribution in [0.5, 0.6) is 0 Å². The molecule has 0 bridgehead atoms. The number of methoxy groups -OCH3 is 1. The van der Waals surface area contributed by atoms with Crippen LogP contribution in [0, 0.1) is 0 Å². The van der Waals surface area contributed by atoms with Crippen LogP contribution in [0.1, 0.15) is 20.8 Å². The molecule has 0 fully saturated rings. The van der Waals surface area contributed by atoms with Crippen LogP contribution in [0.4, 0.5) is 0 Å². The fourth-order valence-electron chi connectivity index (χ4n) is 0.0873. The summed E-state index contributed by atoms with van der Waals surface area (Å²) in [7, 11) is 1.50. The minimum absolute atomic E-state index is 0.111. The summed E-state index contributed by atoms with van der Waals surface area (Å²) in [5, 5.41) is 16.0. The molecule has 0 aliphatic carbocycles. The van der Waals surface area contributed by atoms with Gasteiger partial charge in [0.25, 0.3) is 5.97 Å². The van der Waals surface area contributed by atoms with E-state index in [2.05, 4.69) is 12.2 Å². The van der Waals surface area contributed by atoms with E-state index in [-0.39, 0.29) is 5.05 Å². The molecule has 0 atom stereocenters. The molecule has 0 aromatic rings. The Morgan fingerprint density at radius 3 is 1.67 bits per heavy atom. The predicted molar refractivity (Wildman–Crippen MR) is 49.6 cm³/mol. The van der Waals surface area contributed by atoms with Crippen LogP contribution < -0.4 is 0 Å². The lowest BCUT2D eigenvalue weighted by atomic mass is 10.2. The first-order valence-corrected chi connectivity index (χ1v) is 3.63. The van der Waals surface area contributed by atoms with Crippen molar-refractivity contribution in [2.45, 2.75) is 26.4 Å². The van der Waals surface area contributed by atoms with Crippen LogP contribution in [0.2, 0.25) is 0 Å². The quantitative estimate of drug-likeness (QED) is 0.650. The van der Waals surface area contributed by atoms with E-state index in [4.69, 9.17) is 19.7 Å². The fraction of sp³-hybridized carbons (Fsp3) is 0.714. The van der Waals surface area contributed by atoms with Gasteiger partial charge in [-0.15, -0.1) is 0 Å². The lowest BCUT2D eigenvalue weighted by Crippen LogP contribution is -2.31. The maximum Gasteiger partial charge on any atom is 0.300 e. The van der Waals surface area contributed by atoms with Gasteiger partial charge in [0.15, 0.2) is 5.05 Å². The number of carboxylic acid groups (broad SMARTS) is 1. The molecule has 12 heavy (non-hydrogen) atoms. The largest absolute Gasteiger partial charge is 0.500 e. The molecule has 72 valence electrons. The number of rotatable bonds is 2. The molecule has 0 spiro atoms. The Morgan fingerprint density at radius 2 is 1.67 bits per heavy atom. The molecule has 4 nitrogen and oxygen atoms in total. The van der Waals surface area contributed by atoms with Gasteiger partial charge in [-0.25, -0.2) is 0 Å². The number of ether oxygens (including phenoxy) is 1. The van der Waals surface area contributed by atoms with Crippen molar-refractivity contribution in [2.75, 3.05) is 7.11 Å². The van der Waals surface area contributed by atoms with Gasteiger partial charge in [0.1, 0.15) is 5.60 Å². The average molecular weight is 194 g/mol. The molecule has 0 aliphatic heterocycles. The SMILES string of the molecule is CC(=O)O.COC(C)(C)C(O)=S. The molecule has 0 rings (SSSR count). The van der Waals surface area contributed by atoms with E-state index in [1.807, 2.05) is 0 Å². The van der Waals surface area contributed by atoms with Crippen molar-refractivity contribution < 1.29 is 19.7 Å². The zero-order valence-corrected chi connectivity index (χ0v) is 8.44. The second-order valence-electron chi connectivity index (χ2n) is 2.54. The molecule has 0 amide bonds. The van der Waals surface area contributed by atoms with Gasteiger partial charge in [0.05, 0.1) is 0 Å². The van der Waals surface area contributed by atoms with Gasteiger partial charge in [0, 0.05) is 14.0 Å². The van der Waals surface area contributed by atoms with E-state index in [0.717, 1.165) is 6.92 Å². The highest BCUT2D eigenvalue weighted by atomic mass is 32.1. The maximum atomic E-state index is 9.00. The molecular formula is C7H14O4S. The van der Waals surface area contributed by atoms with Crippen LogP contribution in [-0.2, 0) is 9.53 Å². The topological polar surface area (TPSA) is 66.8 Å². The second-order valence-corrected chi connectivity index (χ2v) is 2.93. The molecule has 5 heteroatoms. The number of hydrogen-bond donors (Lipinski definition) is 2. The number of aliphatic hydroxyl groups excluding tert-OH is 1. The summed E-state index contributed by atoms with van der Waals surface area (Å²) in [4.78, 5) is 9.00. The summed E-state index contributed by atoms with van der Waals surface area (Å²) in [6.45, 7) is 4.49. The van der Waals surface area contributed by atoms with Gasteiger partial charge in [-0.1, -0.05) is 0 Å². The first-order chi connectivity index (χ1) is 5.24. The third-order valence-corrected chi connectivity index (χ3v) is 1.52. The molecule has 0 saturated carbocycles. The summed E-state index contributed by atoms with van der Waals surface area (Å²) >= 11 is 4.46. The average Bonchev–Trinajstić information content (AvgIpc) is 1.86. The predicted octanol–water partition coefficient (Wildman–Crippen LogP) is 1.39. The Kier molecular flexibility index (Phi) is 6.83. The smallest absolute Gasteiger partial charge is 0.300 e.